The van der Waals surface area contributed by atoms with Crippen molar-refractivity contribution in [2.75, 3.05) is 10.6 Å². The zero-order valence-electron chi connectivity index (χ0n) is 19.1. The van der Waals surface area contributed by atoms with Crippen molar-refractivity contribution in [2.45, 2.75) is 71.9 Å². The topological polar surface area (TPSA) is 24.1 Å². The van der Waals surface area contributed by atoms with Crippen LogP contribution in [0.1, 0.15) is 77.6 Å². The first-order chi connectivity index (χ1) is 13.4. The van der Waals surface area contributed by atoms with E-state index in [0.717, 1.165) is 0 Å². The van der Waals surface area contributed by atoms with Gasteiger partial charge >= 0.3 is 0 Å². The Hall–Kier alpha value is -2.48. The number of benzene rings is 2. The van der Waals surface area contributed by atoms with Crippen molar-refractivity contribution >= 4 is 22.5 Å². The Balaban J connectivity index is 1.76. The fraction of sp³-hybridized carbons (Fsp3) is 0.407. The Bertz CT molecular complexity index is 965. The summed E-state index contributed by atoms with van der Waals surface area (Å²) in [4.78, 5) is 0. The molecule has 4 rings (SSSR count). The number of fused-ring (bicyclic) bond motifs is 2. The van der Waals surface area contributed by atoms with E-state index in [9.17, 15) is 0 Å². The molecule has 0 amide bonds. The highest BCUT2D eigenvalue weighted by molar-refractivity contribution is 5.82. The first-order valence-corrected chi connectivity index (χ1v) is 10.6. The van der Waals surface area contributed by atoms with Crippen LogP contribution in [0, 0.1) is 0 Å². The summed E-state index contributed by atoms with van der Waals surface area (Å²) in [6.45, 7) is 18.0. The molecule has 0 atom stereocenters. The van der Waals surface area contributed by atoms with Crippen LogP contribution in [0.2, 0.25) is 0 Å². The highest BCUT2D eigenvalue weighted by atomic mass is 15.0. The van der Waals surface area contributed by atoms with Crippen LogP contribution in [0.25, 0.3) is 11.1 Å². The van der Waals surface area contributed by atoms with Gasteiger partial charge in [0.2, 0.25) is 0 Å². The minimum absolute atomic E-state index is 0.0228. The molecule has 0 unspecified atom stereocenters. The summed E-state index contributed by atoms with van der Waals surface area (Å²) in [5, 5.41) is 7.40. The van der Waals surface area contributed by atoms with Gasteiger partial charge in [-0.1, -0.05) is 50.3 Å². The minimum Gasteiger partial charge on any atom is -0.376 e. The highest BCUT2D eigenvalue weighted by Crippen LogP contribution is 2.41. The van der Waals surface area contributed by atoms with Crippen LogP contribution >= 0.6 is 0 Å². The van der Waals surface area contributed by atoms with E-state index in [4.69, 9.17) is 0 Å². The molecule has 0 saturated heterocycles. The minimum atomic E-state index is -0.0914. The summed E-state index contributed by atoms with van der Waals surface area (Å²) < 4.78 is 0. The smallest absolute Gasteiger partial charge is 0.0505 e. The van der Waals surface area contributed by atoms with Crippen molar-refractivity contribution in [3.8, 4) is 0 Å². The van der Waals surface area contributed by atoms with Gasteiger partial charge in [-0.3, -0.25) is 0 Å². The van der Waals surface area contributed by atoms with Gasteiger partial charge in [0.25, 0.3) is 0 Å². The number of allylic oxidation sites excluding steroid dienone is 2. The second kappa shape index (κ2) is 6.26. The molecule has 0 fully saturated rings. The van der Waals surface area contributed by atoms with Crippen LogP contribution in [-0.2, 0) is 5.41 Å². The van der Waals surface area contributed by atoms with Crippen LogP contribution in [-0.4, -0.2) is 11.1 Å². The number of nitrogens with one attached hydrogen (secondary N) is 2. The molecule has 2 aromatic rings. The molecule has 0 aliphatic carbocycles. The molecule has 2 N–H and O–H groups in total. The van der Waals surface area contributed by atoms with Crippen molar-refractivity contribution in [3.63, 3.8) is 0 Å². The third-order valence-corrected chi connectivity index (χ3v) is 6.40. The molecule has 2 aliphatic rings. The fourth-order valence-corrected chi connectivity index (χ4v) is 4.93. The predicted molar refractivity (Wildman–Crippen MR) is 128 cm³/mol. The van der Waals surface area contributed by atoms with E-state index < -0.39 is 0 Å². The average molecular weight is 387 g/mol. The summed E-state index contributed by atoms with van der Waals surface area (Å²) in [6, 6.07) is 13.8. The van der Waals surface area contributed by atoms with Gasteiger partial charge in [-0.05, 0) is 75.9 Å². The highest BCUT2D eigenvalue weighted by Gasteiger charge is 2.29. The maximum atomic E-state index is 3.70. The molecular weight excluding hydrogens is 352 g/mol. The first kappa shape index (κ1) is 19.8. The van der Waals surface area contributed by atoms with Crippen LogP contribution in [0.4, 0.5) is 11.4 Å². The van der Waals surface area contributed by atoms with Crippen molar-refractivity contribution in [1.29, 1.82) is 0 Å². The SMILES string of the molecule is CC1=CC(C)(C)Nc2cc(C(C)(C)c3ccc4c(c3)NC(C)(C)C=C4C)ccc21. The summed E-state index contributed by atoms with van der Waals surface area (Å²) in [7, 11) is 0. The van der Waals surface area contributed by atoms with Crippen molar-refractivity contribution in [3.05, 3.63) is 70.8 Å². The molecular formula is C27H34N2. The monoisotopic (exact) mass is 386 g/mol. The van der Waals surface area contributed by atoms with Crippen LogP contribution in [0.3, 0.4) is 0 Å². The number of anilines is 2. The number of hydrogen-bond acceptors (Lipinski definition) is 2. The molecule has 2 aliphatic heterocycles. The molecule has 152 valence electrons. The molecule has 0 radical (unpaired) electrons. The molecule has 2 aromatic carbocycles. The number of hydrogen-bond donors (Lipinski definition) is 2. The summed E-state index contributed by atoms with van der Waals surface area (Å²) in [6.07, 6.45) is 4.62. The van der Waals surface area contributed by atoms with Crippen molar-refractivity contribution < 1.29 is 0 Å². The number of rotatable bonds is 2. The van der Waals surface area contributed by atoms with E-state index in [1.54, 1.807) is 0 Å². The van der Waals surface area contributed by atoms with Gasteiger partial charge < -0.3 is 10.6 Å². The van der Waals surface area contributed by atoms with Crippen LogP contribution in [0.5, 0.6) is 0 Å². The standard InChI is InChI=1S/C27H34N2/c1-17-15-25(3,4)28-23-13-19(9-11-21(17)23)27(7,8)20-10-12-22-18(2)16-26(5,6)29-24(22)14-20/h9-16,28-29H,1-8H3. The lowest BCUT2D eigenvalue weighted by Gasteiger charge is -2.35. The second-order valence-electron chi connectivity index (χ2n) is 10.5. The average Bonchev–Trinajstić information content (AvgIpc) is 2.58. The van der Waals surface area contributed by atoms with Crippen LogP contribution in [0.15, 0.2) is 48.6 Å². The Morgan fingerprint density at radius 1 is 0.655 bits per heavy atom. The Labute approximate surface area is 176 Å². The second-order valence-corrected chi connectivity index (χ2v) is 10.5. The molecule has 0 bridgehead atoms. The van der Waals surface area contributed by atoms with Gasteiger partial charge in [-0.25, -0.2) is 0 Å². The van der Waals surface area contributed by atoms with Gasteiger partial charge in [0.15, 0.2) is 0 Å². The van der Waals surface area contributed by atoms with E-state index >= 15 is 0 Å². The third-order valence-electron chi connectivity index (χ3n) is 6.40. The molecule has 0 saturated carbocycles. The first-order valence-electron chi connectivity index (χ1n) is 10.6. The molecule has 2 heteroatoms. The molecule has 0 aromatic heterocycles. The largest absolute Gasteiger partial charge is 0.376 e. The van der Waals surface area contributed by atoms with E-state index in [2.05, 4.69) is 115 Å². The third kappa shape index (κ3) is 3.50. The van der Waals surface area contributed by atoms with E-state index in [0.29, 0.717) is 0 Å². The lowest BCUT2D eigenvalue weighted by Crippen LogP contribution is -2.32. The van der Waals surface area contributed by atoms with Gasteiger partial charge in [0, 0.05) is 27.9 Å². The molecule has 0 spiro atoms. The summed E-state index contributed by atoms with van der Waals surface area (Å²) >= 11 is 0. The van der Waals surface area contributed by atoms with E-state index in [-0.39, 0.29) is 16.5 Å². The lowest BCUT2D eigenvalue weighted by atomic mass is 9.76. The Kier molecular flexibility index (Phi) is 4.28. The lowest BCUT2D eigenvalue weighted by molar-refractivity contribution is 0.638. The maximum Gasteiger partial charge on any atom is 0.0505 e. The van der Waals surface area contributed by atoms with Gasteiger partial charge in [0.05, 0.1) is 11.1 Å². The zero-order chi connectivity index (χ0) is 21.2. The van der Waals surface area contributed by atoms with E-state index in [1.165, 1.54) is 44.8 Å². The zero-order valence-corrected chi connectivity index (χ0v) is 19.1. The van der Waals surface area contributed by atoms with Gasteiger partial charge in [-0.15, -0.1) is 0 Å². The summed E-state index contributed by atoms with van der Waals surface area (Å²) in [5.74, 6) is 0. The predicted octanol–water partition coefficient (Wildman–Crippen LogP) is 7.23. The molecule has 29 heavy (non-hydrogen) atoms. The van der Waals surface area contributed by atoms with Crippen LogP contribution < -0.4 is 10.6 Å². The van der Waals surface area contributed by atoms with Crippen molar-refractivity contribution in [2.24, 2.45) is 0 Å². The van der Waals surface area contributed by atoms with E-state index in [1.807, 2.05) is 0 Å². The van der Waals surface area contributed by atoms with Crippen molar-refractivity contribution in [1.82, 2.24) is 0 Å². The molecule has 2 heterocycles. The Morgan fingerprint density at radius 2 is 1.03 bits per heavy atom. The normalized spacial score (nSPS) is 19.2. The fourth-order valence-electron chi connectivity index (χ4n) is 4.93. The molecule has 2 nitrogen and oxygen atoms in total. The maximum absolute atomic E-state index is 3.70. The van der Waals surface area contributed by atoms with Gasteiger partial charge in [-0.2, -0.15) is 0 Å². The quantitative estimate of drug-likeness (QED) is 0.569. The Morgan fingerprint density at radius 3 is 1.41 bits per heavy atom. The summed E-state index contributed by atoms with van der Waals surface area (Å²) in [5.41, 5.74) is 10.3. The van der Waals surface area contributed by atoms with Gasteiger partial charge in [0.1, 0.15) is 0 Å².